The van der Waals surface area contributed by atoms with Crippen LogP contribution in [0.1, 0.15) is 18.3 Å². The Bertz CT molecular complexity index is 485. The monoisotopic (exact) mass is 188 g/mol. The number of pyridine rings is 1. The van der Waals surface area contributed by atoms with Crippen LogP contribution in [0.5, 0.6) is 0 Å². The molecule has 14 heavy (non-hydrogen) atoms. The summed E-state index contributed by atoms with van der Waals surface area (Å²) in [5.41, 5.74) is 2.83. The average molecular weight is 188 g/mol. The molecule has 3 heteroatoms. The lowest BCUT2D eigenvalue weighted by Gasteiger charge is -1.95. The van der Waals surface area contributed by atoms with Crippen molar-refractivity contribution in [3.8, 4) is 0 Å². The van der Waals surface area contributed by atoms with Crippen LogP contribution < -0.4 is 0 Å². The zero-order chi connectivity index (χ0) is 10.1. The fraction of sp³-hybridized carbons (Fsp3) is 0.273. The summed E-state index contributed by atoms with van der Waals surface area (Å²) < 4.78 is 2.00. The molecule has 0 fully saturated rings. The number of ketones is 1. The predicted molar refractivity (Wildman–Crippen MR) is 54.3 cm³/mol. The molecule has 0 atom stereocenters. The van der Waals surface area contributed by atoms with Gasteiger partial charge in [0.2, 0.25) is 0 Å². The Morgan fingerprint density at radius 3 is 2.93 bits per heavy atom. The van der Waals surface area contributed by atoms with Gasteiger partial charge in [0.1, 0.15) is 11.4 Å². The van der Waals surface area contributed by atoms with Gasteiger partial charge in [-0.25, -0.2) is 4.98 Å². The van der Waals surface area contributed by atoms with Crippen LogP contribution in [-0.4, -0.2) is 15.2 Å². The number of hydrogen-bond acceptors (Lipinski definition) is 2. The first-order valence-electron chi connectivity index (χ1n) is 4.60. The molecule has 0 saturated carbocycles. The van der Waals surface area contributed by atoms with Crippen molar-refractivity contribution in [3.05, 3.63) is 35.8 Å². The Kier molecular flexibility index (Phi) is 2.08. The number of fused-ring (bicyclic) bond motifs is 1. The van der Waals surface area contributed by atoms with Crippen molar-refractivity contribution in [2.45, 2.75) is 20.3 Å². The molecule has 0 aliphatic heterocycles. The molecule has 0 aromatic carbocycles. The van der Waals surface area contributed by atoms with E-state index in [0.29, 0.717) is 6.42 Å². The van der Waals surface area contributed by atoms with Crippen molar-refractivity contribution in [2.75, 3.05) is 0 Å². The van der Waals surface area contributed by atoms with Gasteiger partial charge in [0.05, 0.1) is 12.1 Å². The number of hydrogen-bond donors (Lipinski definition) is 0. The molecule has 0 aliphatic carbocycles. The minimum absolute atomic E-state index is 0.150. The van der Waals surface area contributed by atoms with E-state index in [1.54, 1.807) is 6.92 Å². The maximum Gasteiger partial charge on any atom is 0.137 e. The molecule has 0 unspecified atom stereocenters. The minimum Gasteiger partial charge on any atom is -0.304 e. The number of aromatic nitrogens is 2. The van der Waals surface area contributed by atoms with Gasteiger partial charge >= 0.3 is 0 Å². The molecule has 2 aromatic rings. The largest absolute Gasteiger partial charge is 0.304 e. The van der Waals surface area contributed by atoms with Crippen LogP contribution in [-0.2, 0) is 11.2 Å². The molecule has 2 aromatic heterocycles. The number of carbonyl (C=O) groups is 1. The fourth-order valence-electron chi connectivity index (χ4n) is 1.57. The van der Waals surface area contributed by atoms with Crippen molar-refractivity contribution in [2.24, 2.45) is 0 Å². The Labute approximate surface area is 82.4 Å². The van der Waals surface area contributed by atoms with Gasteiger partial charge in [-0.05, 0) is 26.0 Å². The number of rotatable bonds is 2. The maximum atomic E-state index is 11.0. The standard InChI is InChI=1S/C11H12N2O/c1-8(14)7-10-9(2)13-6-4-3-5-11(13)12-10/h3-6H,7H2,1-2H3. The second kappa shape index (κ2) is 3.25. The van der Waals surface area contributed by atoms with E-state index >= 15 is 0 Å². The van der Waals surface area contributed by atoms with Gasteiger partial charge in [-0.1, -0.05) is 6.07 Å². The molecule has 0 N–H and O–H groups in total. The number of aryl methyl sites for hydroxylation is 1. The smallest absolute Gasteiger partial charge is 0.137 e. The molecule has 0 bridgehead atoms. The SMILES string of the molecule is CC(=O)Cc1nc2ccccn2c1C. The molecular formula is C11H12N2O. The number of carbonyl (C=O) groups excluding carboxylic acids is 1. The molecule has 0 saturated heterocycles. The third-order valence-electron chi connectivity index (χ3n) is 2.28. The average Bonchev–Trinajstić information content (AvgIpc) is 2.44. The van der Waals surface area contributed by atoms with Crippen molar-refractivity contribution in [1.29, 1.82) is 0 Å². The predicted octanol–water partition coefficient (Wildman–Crippen LogP) is 1.77. The first kappa shape index (κ1) is 8.94. The zero-order valence-corrected chi connectivity index (χ0v) is 8.32. The van der Waals surface area contributed by atoms with Crippen molar-refractivity contribution >= 4 is 11.4 Å². The fourth-order valence-corrected chi connectivity index (χ4v) is 1.57. The van der Waals surface area contributed by atoms with E-state index < -0.39 is 0 Å². The van der Waals surface area contributed by atoms with Crippen LogP contribution in [0.3, 0.4) is 0 Å². The molecule has 72 valence electrons. The maximum absolute atomic E-state index is 11.0. The lowest BCUT2D eigenvalue weighted by Crippen LogP contribution is -1.98. The van der Waals surface area contributed by atoms with Crippen LogP contribution in [0.4, 0.5) is 0 Å². The summed E-state index contributed by atoms with van der Waals surface area (Å²) in [4.78, 5) is 15.4. The van der Waals surface area contributed by atoms with Crippen LogP contribution >= 0.6 is 0 Å². The summed E-state index contributed by atoms with van der Waals surface area (Å²) >= 11 is 0. The first-order chi connectivity index (χ1) is 6.68. The van der Waals surface area contributed by atoms with Gasteiger partial charge in [0, 0.05) is 11.9 Å². The van der Waals surface area contributed by atoms with Crippen molar-refractivity contribution in [1.82, 2.24) is 9.38 Å². The second-order valence-electron chi connectivity index (χ2n) is 3.45. The Balaban J connectivity index is 2.57. The molecule has 0 radical (unpaired) electrons. The summed E-state index contributed by atoms with van der Waals surface area (Å²) in [7, 11) is 0. The molecular weight excluding hydrogens is 176 g/mol. The highest BCUT2D eigenvalue weighted by atomic mass is 16.1. The summed E-state index contributed by atoms with van der Waals surface area (Å²) in [6, 6.07) is 5.84. The van der Waals surface area contributed by atoms with E-state index in [2.05, 4.69) is 4.98 Å². The topological polar surface area (TPSA) is 34.4 Å². The number of imidazole rings is 1. The lowest BCUT2D eigenvalue weighted by molar-refractivity contribution is -0.116. The Morgan fingerprint density at radius 2 is 2.29 bits per heavy atom. The van der Waals surface area contributed by atoms with Gasteiger partial charge < -0.3 is 4.40 Å². The quantitative estimate of drug-likeness (QED) is 0.719. The van der Waals surface area contributed by atoms with Gasteiger partial charge in [-0.3, -0.25) is 4.79 Å². The van der Waals surface area contributed by atoms with Gasteiger partial charge in [0.25, 0.3) is 0 Å². The van der Waals surface area contributed by atoms with E-state index in [-0.39, 0.29) is 5.78 Å². The van der Waals surface area contributed by atoms with Crippen LogP contribution in [0.2, 0.25) is 0 Å². The van der Waals surface area contributed by atoms with Crippen LogP contribution in [0, 0.1) is 6.92 Å². The Hall–Kier alpha value is -1.64. The normalized spacial score (nSPS) is 10.7. The summed E-state index contributed by atoms with van der Waals surface area (Å²) in [6.07, 6.45) is 2.38. The van der Waals surface area contributed by atoms with E-state index in [0.717, 1.165) is 17.0 Å². The van der Waals surface area contributed by atoms with E-state index in [1.165, 1.54) is 0 Å². The van der Waals surface area contributed by atoms with Crippen molar-refractivity contribution in [3.63, 3.8) is 0 Å². The summed E-state index contributed by atoms with van der Waals surface area (Å²) in [5.74, 6) is 0.150. The summed E-state index contributed by atoms with van der Waals surface area (Å²) in [5, 5.41) is 0. The zero-order valence-electron chi connectivity index (χ0n) is 8.32. The molecule has 2 heterocycles. The van der Waals surface area contributed by atoms with E-state index in [9.17, 15) is 4.79 Å². The van der Waals surface area contributed by atoms with E-state index in [1.807, 2.05) is 35.7 Å². The van der Waals surface area contributed by atoms with Gasteiger partial charge in [0.15, 0.2) is 0 Å². The highest BCUT2D eigenvalue weighted by Gasteiger charge is 2.08. The van der Waals surface area contributed by atoms with Gasteiger partial charge in [-0.15, -0.1) is 0 Å². The molecule has 0 spiro atoms. The molecule has 0 aliphatic rings. The molecule has 3 nitrogen and oxygen atoms in total. The number of Topliss-reactive ketones (excluding diaryl/α,β-unsaturated/α-hetero) is 1. The van der Waals surface area contributed by atoms with Crippen LogP contribution in [0.15, 0.2) is 24.4 Å². The third kappa shape index (κ3) is 1.41. The minimum atomic E-state index is 0.150. The van der Waals surface area contributed by atoms with E-state index in [4.69, 9.17) is 0 Å². The second-order valence-corrected chi connectivity index (χ2v) is 3.45. The highest BCUT2D eigenvalue weighted by molar-refractivity contribution is 5.78. The number of nitrogens with zero attached hydrogens (tertiary/aromatic N) is 2. The molecule has 2 rings (SSSR count). The first-order valence-corrected chi connectivity index (χ1v) is 4.60. The lowest BCUT2D eigenvalue weighted by atomic mass is 10.2. The van der Waals surface area contributed by atoms with Crippen molar-refractivity contribution < 1.29 is 4.79 Å². The molecule has 0 amide bonds. The Morgan fingerprint density at radius 1 is 1.50 bits per heavy atom. The third-order valence-corrected chi connectivity index (χ3v) is 2.28. The highest BCUT2D eigenvalue weighted by Crippen LogP contribution is 2.11. The van der Waals surface area contributed by atoms with Gasteiger partial charge in [-0.2, -0.15) is 0 Å². The summed E-state index contributed by atoms with van der Waals surface area (Å²) in [6.45, 7) is 3.57. The van der Waals surface area contributed by atoms with Crippen LogP contribution in [0.25, 0.3) is 5.65 Å².